The molecule has 20 heavy (non-hydrogen) atoms. The molecular weight excluding hydrogens is 254 g/mol. The Morgan fingerprint density at radius 1 is 1.35 bits per heavy atom. The fraction of sp³-hybridized carbons (Fsp3) is 0.467. The Morgan fingerprint density at radius 2 is 2.05 bits per heavy atom. The Bertz CT molecular complexity index is 475. The van der Waals surface area contributed by atoms with E-state index in [-0.39, 0.29) is 30.1 Å². The van der Waals surface area contributed by atoms with Crippen LogP contribution in [0, 0.1) is 0 Å². The molecule has 2 rings (SSSR count). The summed E-state index contributed by atoms with van der Waals surface area (Å²) in [6.07, 6.45) is 1.11. The standard InChI is InChI=1S/C15H21N3O2/c1-10-8-13(9-14(19)16-10)18-15(20)17-11(2)12-6-4-3-5-7-12/h3-7,10-11,13H,8-9H2,1-2H3,(H,16,19)(H2,17,18,20). The summed E-state index contributed by atoms with van der Waals surface area (Å²) in [5.41, 5.74) is 1.05. The second-order valence-corrected chi connectivity index (χ2v) is 5.36. The molecule has 0 bridgehead atoms. The lowest BCUT2D eigenvalue weighted by Crippen LogP contribution is -2.51. The summed E-state index contributed by atoms with van der Waals surface area (Å²) < 4.78 is 0. The van der Waals surface area contributed by atoms with Gasteiger partial charge in [-0.05, 0) is 25.8 Å². The van der Waals surface area contributed by atoms with Crippen molar-refractivity contribution in [3.05, 3.63) is 35.9 Å². The van der Waals surface area contributed by atoms with E-state index in [9.17, 15) is 9.59 Å². The van der Waals surface area contributed by atoms with Crippen LogP contribution in [0.1, 0.15) is 38.3 Å². The second-order valence-electron chi connectivity index (χ2n) is 5.36. The van der Waals surface area contributed by atoms with Crippen LogP contribution in [-0.4, -0.2) is 24.0 Å². The molecule has 3 amide bonds. The Kier molecular flexibility index (Phi) is 4.61. The van der Waals surface area contributed by atoms with Crippen molar-refractivity contribution in [1.82, 2.24) is 16.0 Å². The Balaban J connectivity index is 1.85. The van der Waals surface area contributed by atoms with Crippen LogP contribution in [-0.2, 0) is 4.79 Å². The van der Waals surface area contributed by atoms with Crippen molar-refractivity contribution in [1.29, 1.82) is 0 Å². The van der Waals surface area contributed by atoms with Gasteiger partial charge in [0.15, 0.2) is 0 Å². The zero-order valence-electron chi connectivity index (χ0n) is 11.8. The van der Waals surface area contributed by atoms with Gasteiger partial charge < -0.3 is 16.0 Å². The summed E-state index contributed by atoms with van der Waals surface area (Å²) in [6.45, 7) is 3.88. The number of rotatable bonds is 3. The molecule has 1 aliphatic heterocycles. The van der Waals surface area contributed by atoms with E-state index < -0.39 is 0 Å². The third-order valence-electron chi connectivity index (χ3n) is 3.46. The number of carbonyl (C=O) groups excluding carboxylic acids is 2. The monoisotopic (exact) mass is 275 g/mol. The van der Waals surface area contributed by atoms with Crippen molar-refractivity contribution >= 4 is 11.9 Å². The molecule has 1 fully saturated rings. The van der Waals surface area contributed by atoms with Crippen molar-refractivity contribution in [2.24, 2.45) is 0 Å². The van der Waals surface area contributed by atoms with Crippen molar-refractivity contribution in [3.8, 4) is 0 Å². The van der Waals surface area contributed by atoms with E-state index >= 15 is 0 Å². The number of carbonyl (C=O) groups is 2. The van der Waals surface area contributed by atoms with E-state index in [2.05, 4.69) is 16.0 Å². The number of piperidine rings is 1. The molecule has 3 unspecified atom stereocenters. The summed E-state index contributed by atoms with van der Waals surface area (Å²) in [5, 5.41) is 8.60. The molecule has 5 heteroatoms. The quantitative estimate of drug-likeness (QED) is 0.786. The number of hydrogen-bond acceptors (Lipinski definition) is 2. The van der Waals surface area contributed by atoms with Gasteiger partial charge in [-0.25, -0.2) is 4.79 Å². The summed E-state index contributed by atoms with van der Waals surface area (Å²) in [4.78, 5) is 23.4. The maximum Gasteiger partial charge on any atom is 0.315 e. The summed E-state index contributed by atoms with van der Waals surface area (Å²) in [6, 6.07) is 9.49. The van der Waals surface area contributed by atoms with Crippen LogP contribution in [0.15, 0.2) is 30.3 Å². The molecule has 0 spiro atoms. The average molecular weight is 275 g/mol. The summed E-state index contributed by atoms with van der Waals surface area (Å²) in [5.74, 6) is -0.00911. The molecule has 5 nitrogen and oxygen atoms in total. The zero-order valence-corrected chi connectivity index (χ0v) is 11.8. The van der Waals surface area contributed by atoms with Gasteiger partial charge in [0.05, 0.1) is 6.04 Å². The van der Waals surface area contributed by atoms with E-state index in [1.807, 2.05) is 44.2 Å². The maximum atomic E-state index is 12.0. The van der Waals surface area contributed by atoms with Crippen LogP contribution in [0.5, 0.6) is 0 Å². The highest BCUT2D eigenvalue weighted by Gasteiger charge is 2.25. The van der Waals surface area contributed by atoms with Crippen LogP contribution < -0.4 is 16.0 Å². The molecule has 1 heterocycles. The Morgan fingerprint density at radius 3 is 2.70 bits per heavy atom. The highest BCUT2D eigenvalue weighted by molar-refractivity contribution is 5.80. The van der Waals surface area contributed by atoms with E-state index in [4.69, 9.17) is 0 Å². The first-order valence-corrected chi connectivity index (χ1v) is 6.96. The average Bonchev–Trinajstić information content (AvgIpc) is 2.38. The fourth-order valence-electron chi connectivity index (χ4n) is 2.49. The molecule has 1 aromatic rings. The molecule has 1 aliphatic rings. The largest absolute Gasteiger partial charge is 0.354 e. The van der Waals surface area contributed by atoms with Crippen LogP contribution in [0.3, 0.4) is 0 Å². The van der Waals surface area contributed by atoms with E-state index in [0.29, 0.717) is 6.42 Å². The predicted octanol–water partition coefficient (Wildman–Crippen LogP) is 1.71. The molecule has 1 aromatic carbocycles. The van der Waals surface area contributed by atoms with Crippen molar-refractivity contribution in [2.75, 3.05) is 0 Å². The van der Waals surface area contributed by atoms with E-state index in [1.54, 1.807) is 0 Å². The number of amides is 3. The topological polar surface area (TPSA) is 70.2 Å². The van der Waals surface area contributed by atoms with Crippen LogP contribution in [0.2, 0.25) is 0 Å². The molecule has 108 valence electrons. The minimum atomic E-state index is -0.228. The van der Waals surface area contributed by atoms with Gasteiger partial charge in [0.25, 0.3) is 0 Å². The molecule has 0 saturated carbocycles. The summed E-state index contributed by atoms with van der Waals surface area (Å²) >= 11 is 0. The van der Waals surface area contributed by atoms with Crippen LogP contribution in [0.25, 0.3) is 0 Å². The van der Waals surface area contributed by atoms with Crippen molar-refractivity contribution in [3.63, 3.8) is 0 Å². The van der Waals surface area contributed by atoms with Crippen molar-refractivity contribution < 1.29 is 9.59 Å². The van der Waals surface area contributed by atoms with Crippen LogP contribution >= 0.6 is 0 Å². The second kappa shape index (κ2) is 6.41. The highest BCUT2D eigenvalue weighted by Crippen LogP contribution is 2.12. The lowest BCUT2D eigenvalue weighted by atomic mass is 10.0. The molecule has 0 radical (unpaired) electrons. The molecule has 3 N–H and O–H groups in total. The number of nitrogens with one attached hydrogen (secondary N) is 3. The smallest absolute Gasteiger partial charge is 0.315 e. The normalized spacial score (nSPS) is 23.6. The first kappa shape index (κ1) is 14.4. The lowest BCUT2D eigenvalue weighted by Gasteiger charge is -2.28. The maximum absolute atomic E-state index is 12.0. The third kappa shape index (κ3) is 3.98. The fourth-order valence-corrected chi connectivity index (χ4v) is 2.49. The molecule has 1 saturated heterocycles. The number of hydrogen-bond donors (Lipinski definition) is 3. The van der Waals surface area contributed by atoms with Gasteiger partial charge in [-0.15, -0.1) is 0 Å². The minimum absolute atomic E-state index is 0.00911. The van der Waals surface area contributed by atoms with Gasteiger partial charge in [-0.2, -0.15) is 0 Å². The van der Waals surface area contributed by atoms with Crippen LogP contribution in [0.4, 0.5) is 4.79 Å². The minimum Gasteiger partial charge on any atom is -0.354 e. The van der Waals surface area contributed by atoms with Gasteiger partial charge in [-0.3, -0.25) is 4.79 Å². The highest BCUT2D eigenvalue weighted by atomic mass is 16.2. The molecular formula is C15H21N3O2. The zero-order chi connectivity index (χ0) is 14.5. The van der Waals surface area contributed by atoms with Gasteiger partial charge in [0, 0.05) is 18.5 Å². The van der Waals surface area contributed by atoms with Gasteiger partial charge in [0.1, 0.15) is 0 Å². The third-order valence-corrected chi connectivity index (χ3v) is 3.46. The molecule has 0 aromatic heterocycles. The Labute approximate surface area is 119 Å². The molecule has 3 atom stereocenters. The Hall–Kier alpha value is -2.04. The lowest BCUT2D eigenvalue weighted by molar-refractivity contribution is -0.123. The summed E-state index contributed by atoms with van der Waals surface area (Å²) in [7, 11) is 0. The van der Waals surface area contributed by atoms with Crippen molar-refractivity contribution in [2.45, 2.75) is 44.8 Å². The number of urea groups is 1. The predicted molar refractivity (Wildman–Crippen MR) is 77.2 cm³/mol. The van der Waals surface area contributed by atoms with E-state index in [0.717, 1.165) is 12.0 Å². The van der Waals surface area contributed by atoms with Gasteiger partial charge in [0.2, 0.25) is 5.91 Å². The molecule has 0 aliphatic carbocycles. The van der Waals surface area contributed by atoms with Gasteiger partial charge in [-0.1, -0.05) is 30.3 Å². The van der Waals surface area contributed by atoms with E-state index in [1.165, 1.54) is 0 Å². The number of benzene rings is 1. The van der Waals surface area contributed by atoms with Gasteiger partial charge >= 0.3 is 6.03 Å². The first-order valence-electron chi connectivity index (χ1n) is 6.96. The first-order chi connectivity index (χ1) is 9.54. The SMILES string of the molecule is CC1CC(NC(=O)NC(C)c2ccccc2)CC(=O)N1.